The highest BCUT2D eigenvalue weighted by Crippen LogP contribution is 2.23. The van der Waals surface area contributed by atoms with E-state index in [1.807, 2.05) is 23.1 Å². The molecule has 0 spiro atoms. The third-order valence-electron chi connectivity index (χ3n) is 4.07. The number of urea groups is 1. The number of nitrogens with one attached hydrogen (secondary N) is 1. The van der Waals surface area contributed by atoms with E-state index in [0.717, 1.165) is 25.8 Å². The van der Waals surface area contributed by atoms with Gasteiger partial charge in [-0.05, 0) is 37.0 Å². The lowest BCUT2D eigenvalue weighted by atomic mass is 10.0. The fourth-order valence-corrected chi connectivity index (χ4v) is 2.95. The zero-order chi connectivity index (χ0) is 15.4. The van der Waals surface area contributed by atoms with E-state index in [-0.39, 0.29) is 17.8 Å². The van der Waals surface area contributed by atoms with Gasteiger partial charge in [-0.25, -0.2) is 9.18 Å². The van der Waals surface area contributed by atoms with Crippen LogP contribution in [0, 0.1) is 5.82 Å². The largest absolute Gasteiger partial charge is 0.322 e. The van der Waals surface area contributed by atoms with Crippen LogP contribution in [0.1, 0.15) is 18.4 Å². The van der Waals surface area contributed by atoms with Crippen molar-refractivity contribution in [3.05, 3.63) is 66.0 Å². The average molecular weight is 298 g/mol. The van der Waals surface area contributed by atoms with Gasteiger partial charge in [0, 0.05) is 12.6 Å². The summed E-state index contributed by atoms with van der Waals surface area (Å²) in [7, 11) is 0. The van der Waals surface area contributed by atoms with Crippen LogP contribution in [0.25, 0.3) is 0 Å². The summed E-state index contributed by atoms with van der Waals surface area (Å²) in [6.45, 7) is 0.720. The van der Waals surface area contributed by atoms with E-state index in [9.17, 15) is 9.18 Å². The summed E-state index contributed by atoms with van der Waals surface area (Å²) in [6, 6.07) is 16.4. The van der Waals surface area contributed by atoms with Gasteiger partial charge in [0.15, 0.2) is 0 Å². The minimum Gasteiger partial charge on any atom is -0.321 e. The van der Waals surface area contributed by atoms with E-state index >= 15 is 0 Å². The smallest absolute Gasteiger partial charge is 0.321 e. The Bertz CT molecular complexity index is 645. The van der Waals surface area contributed by atoms with Crippen LogP contribution in [0.2, 0.25) is 0 Å². The molecule has 114 valence electrons. The van der Waals surface area contributed by atoms with Crippen molar-refractivity contribution in [1.29, 1.82) is 0 Å². The van der Waals surface area contributed by atoms with Crippen LogP contribution in [0.3, 0.4) is 0 Å². The Labute approximate surface area is 129 Å². The normalized spacial score (nSPS) is 17.5. The van der Waals surface area contributed by atoms with Gasteiger partial charge in [0.25, 0.3) is 0 Å². The molecule has 0 aliphatic carbocycles. The van der Waals surface area contributed by atoms with Crippen LogP contribution in [0.15, 0.2) is 54.6 Å². The number of likely N-dealkylation sites (tertiary alicyclic amines) is 1. The number of nitrogens with zero attached hydrogens (tertiary/aromatic N) is 1. The molecule has 1 fully saturated rings. The van der Waals surface area contributed by atoms with Gasteiger partial charge in [0.1, 0.15) is 5.82 Å². The topological polar surface area (TPSA) is 32.3 Å². The number of anilines is 1. The van der Waals surface area contributed by atoms with Crippen LogP contribution >= 0.6 is 0 Å². The number of para-hydroxylation sites is 1. The second kappa shape index (κ2) is 6.60. The van der Waals surface area contributed by atoms with Crippen LogP contribution in [-0.4, -0.2) is 23.5 Å². The molecule has 2 amide bonds. The summed E-state index contributed by atoms with van der Waals surface area (Å²) in [5, 5.41) is 2.68. The van der Waals surface area contributed by atoms with E-state index in [2.05, 4.69) is 17.4 Å². The highest BCUT2D eigenvalue weighted by atomic mass is 19.1. The number of hydrogen-bond acceptors (Lipinski definition) is 1. The summed E-state index contributed by atoms with van der Waals surface area (Å²) < 4.78 is 13.6. The molecule has 1 saturated heterocycles. The first-order valence-corrected chi connectivity index (χ1v) is 7.60. The Morgan fingerprint density at radius 3 is 2.64 bits per heavy atom. The fraction of sp³-hybridized carbons (Fsp3) is 0.278. The van der Waals surface area contributed by atoms with Crippen molar-refractivity contribution in [2.24, 2.45) is 0 Å². The molecular weight excluding hydrogens is 279 g/mol. The molecule has 1 aliphatic rings. The minimum atomic E-state index is -0.408. The van der Waals surface area contributed by atoms with Gasteiger partial charge in [0.05, 0.1) is 5.69 Å². The molecule has 2 aromatic carbocycles. The molecule has 0 bridgehead atoms. The Morgan fingerprint density at radius 2 is 1.86 bits per heavy atom. The Balaban J connectivity index is 1.67. The van der Waals surface area contributed by atoms with Gasteiger partial charge in [-0.2, -0.15) is 0 Å². The molecule has 0 saturated carbocycles. The van der Waals surface area contributed by atoms with Crippen LogP contribution in [0.4, 0.5) is 14.9 Å². The molecule has 1 heterocycles. The number of rotatable bonds is 3. The Morgan fingerprint density at radius 1 is 1.14 bits per heavy atom. The molecule has 1 aliphatic heterocycles. The van der Waals surface area contributed by atoms with Crippen LogP contribution < -0.4 is 5.32 Å². The summed E-state index contributed by atoms with van der Waals surface area (Å²) in [4.78, 5) is 14.2. The highest BCUT2D eigenvalue weighted by Gasteiger charge is 2.29. The number of carbonyl (C=O) groups excluding carboxylic acids is 1. The first kappa shape index (κ1) is 14.6. The fourth-order valence-electron chi connectivity index (χ4n) is 2.95. The summed E-state index contributed by atoms with van der Waals surface area (Å²) in [6.07, 6.45) is 2.81. The average Bonchev–Trinajstić information content (AvgIpc) is 2.99. The maximum absolute atomic E-state index is 13.6. The van der Waals surface area contributed by atoms with E-state index in [4.69, 9.17) is 0 Å². The van der Waals surface area contributed by atoms with Crippen molar-refractivity contribution < 1.29 is 9.18 Å². The first-order chi connectivity index (χ1) is 10.7. The van der Waals surface area contributed by atoms with Gasteiger partial charge < -0.3 is 10.2 Å². The predicted octanol–water partition coefficient (Wildman–Crippen LogP) is 4.06. The molecule has 0 unspecified atom stereocenters. The lowest BCUT2D eigenvalue weighted by molar-refractivity contribution is 0.206. The molecule has 0 radical (unpaired) electrons. The maximum atomic E-state index is 13.6. The van der Waals surface area contributed by atoms with Gasteiger partial charge in [-0.3, -0.25) is 0 Å². The number of halogens is 1. The third kappa shape index (κ3) is 3.27. The van der Waals surface area contributed by atoms with Gasteiger partial charge in [-0.15, -0.1) is 0 Å². The molecule has 2 aromatic rings. The molecule has 4 heteroatoms. The minimum absolute atomic E-state index is 0.175. The lowest BCUT2D eigenvalue weighted by Crippen LogP contribution is -2.39. The number of carbonyl (C=O) groups is 1. The van der Waals surface area contributed by atoms with E-state index in [1.54, 1.807) is 18.2 Å². The van der Waals surface area contributed by atoms with Gasteiger partial charge in [0.2, 0.25) is 0 Å². The molecule has 3 rings (SSSR count). The first-order valence-electron chi connectivity index (χ1n) is 7.60. The van der Waals surface area contributed by atoms with Crippen molar-refractivity contribution in [2.45, 2.75) is 25.3 Å². The SMILES string of the molecule is O=C(Nc1ccccc1F)N1CCC[C@H]1Cc1ccccc1. The van der Waals surface area contributed by atoms with Crippen molar-refractivity contribution in [1.82, 2.24) is 4.90 Å². The van der Waals surface area contributed by atoms with Gasteiger partial charge in [-0.1, -0.05) is 42.5 Å². The zero-order valence-corrected chi connectivity index (χ0v) is 12.3. The van der Waals surface area contributed by atoms with E-state index < -0.39 is 5.82 Å². The molecule has 1 N–H and O–H groups in total. The highest BCUT2D eigenvalue weighted by molar-refractivity contribution is 5.89. The molecule has 1 atom stereocenters. The van der Waals surface area contributed by atoms with Crippen LogP contribution in [0.5, 0.6) is 0 Å². The lowest BCUT2D eigenvalue weighted by Gasteiger charge is -2.25. The van der Waals surface area contributed by atoms with Crippen molar-refractivity contribution in [3.63, 3.8) is 0 Å². The standard InChI is InChI=1S/C18H19FN2O/c19-16-10-4-5-11-17(16)20-18(22)21-12-6-9-15(21)13-14-7-2-1-3-8-14/h1-5,7-8,10-11,15H,6,9,12-13H2,(H,20,22)/t15-/m0/s1. The number of benzene rings is 2. The van der Waals surface area contributed by atoms with Crippen molar-refractivity contribution in [3.8, 4) is 0 Å². The second-order valence-corrected chi connectivity index (χ2v) is 5.59. The second-order valence-electron chi connectivity index (χ2n) is 5.59. The third-order valence-corrected chi connectivity index (χ3v) is 4.07. The van der Waals surface area contributed by atoms with Crippen molar-refractivity contribution in [2.75, 3.05) is 11.9 Å². The summed E-state index contributed by atoms with van der Waals surface area (Å²) >= 11 is 0. The number of hydrogen-bond donors (Lipinski definition) is 1. The summed E-state index contributed by atoms with van der Waals surface area (Å²) in [5.74, 6) is -0.408. The van der Waals surface area contributed by atoms with Crippen molar-refractivity contribution >= 4 is 11.7 Å². The van der Waals surface area contributed by atoms with E-state index in [1.165, 1.54) is 11.6 Å². The summed E-state index contributed by atoms with van der Waals surface area (Å²) in [5.41, 5.74) is 1.45. The molecule has 3 nitrogen and oxygen atoms in total. The Kier molecular flexibility index (Phi) is 4.37. The maximum Gasteiger partial charge on any atom is 0.322 e. The predicted molar refractivity (Wildman–Crippen MR) is 85.3 cm³/mol. The molecule has 0 aromatic heterocycles. The zero-order valence-electron chi connectivity index (χ0n) is 12.3. The quantitative estimate of drug-likeness (QED) is 0.910. The van der Waals surface area contributed by atoms with Crippen LogP contribution in [-0.2, 0) is 6.42 Å². The van der Waals surface area contributed by atoms with E-state index in [0.29, 0.717) is 0 Å². The molecular formula is C18H19FN2O. The number of amides is 2. The Hall–Kier alpha value is -2.36. The monoisotopic (exact) mass is 298 g/mol. The van der Waals surface area contributed by atoms with Gasteiger partial charge >= 0.3 is 6.03 Å². The molecule has 22 heavy (non-hydrogen) atoms.